The number of ether oxygens (including phenoxy) is 1. The lowest BCUT2D eigenvalue weighted by Crippen LogP contribution is -2.74. The molecule has 0 saturated heterocycles. The number of nitrogens with zero attached hydrogens (tertiary/aromatic N) is 1. The van der Waals surface area contributed by atoms with Crippen LogP contribution in [0.15, 0.2) is 36.4 Å². The summed E-state index contributed by atoms with van der Waals surface area (Å²) in [6.45, 7) is -3.72. The van der Waals surface area contributed by atoms with E-state index in [0.717, 1.165) is 0 Å². The van der Waals surface area contributed by atoms with Gasteiger partial charge in [0.25, 0.3) is 5.91 Å². The second-order valence-electron chi connectivity index (χ2n) is 11.0. The van der Waals surface area contributed by atoms with Crippen LogP contribution >= 0.6 is 0 Å². The van der Waals surface area contributed by atoms with Crippen LogP contribution in [0.3, 0.4) is 0 Å². The summed E-state index contributed by atoms with van der Waals surface area (Å²) in [6, 6.07) is 5.09. The van der Waals surface area contributed by atoms with E-state index < -0.39 is 91.5 Å². The molecule has 1 N–H and O–H groups in total. The van der Waals surface area contributed by atoms with E-state index in [1.165, 1.54) is 30.3 Å². The number of nitrogens with one attached hydrogen (secondary N) is 1. The van der Waals surface area contributed by atoms with Gasteiger partial charge in [-0.1, -0.05) is 24.6 Å². The normalized spacial score (nSPS) is 17.7. The van der Waals surface area contributed by atoms with Gasteiger partial charge < -0.3 is 15.0 Å². The molecule has 0 aliphatic carbocycles. The zero-order valence-corrected chi connectivity index (χ0v) is 25.3. The topological polar surface area (TPSA) is 75.7 Å². The number of alkyl halides is 17. The van der Waals surface area contributed by atoms with E-state index in [2.05, 4.69) is 10.1 Å². The highest BCUT2D eigenvalue weighted by Gasteiger charge is 2.95. The second-order valence-corrected chi connectivity index (χ2v) is 11.0. The average Bonchev–Trinajstić information content (AvgIpc) is 3.00. The first-order valence-corrected chi connectivity index (χ1v) is 14.2. The van der Waals surface area contributed by atoms with Crippen LogP contribution in [-0.2, 0) is 14.3 Å². The monoisotopic (exact) mass is 776 g/mol. The molecule has 1 aliphatic heterocycles. The number of rotatable bonds is 11. The van der Waals surface area contributed by atoms with Crippen LogP contribution in [0.5, 0.6) is 0 Å². The molecule has 1 aromatic carbocycles. The highest BCUT2D eigenvalue weighted by molar-refractivity contribution is 5.98. The van der Waals surface area contributed by atoms with Gasteiger partial charge in [-0.2, -0.15) is 74.6 Å². The van der Waals surface area contributed by atoms with Crippen molar-refractivity contribution in [3.8, 4) is 0 Å². The van der Waals surface area contributed by atoms with Crippen LogP contribution in [-0.4, -0.2) is 90.0 Å². The molecule has 0 aromatic heterocycles. The van der Waals surface area contributed by atoms with Gasteiger partial charge in [0.1, 0.15) is 6.54 Å². The third-order valence-electron chi connectivity index (χ3n) is 7.23. The zero-order chi connectivity index (χ0) is 39.5. The number of allylic oxidation sites excluding steroid dienone is 1. The predicted molar refractivity (Wildman–Crippen MR) is 139 cm³/mol. The fourth-order valence-electron chi connectivity index (χ4n) is 4.25. The van der Waals surface area contributed by atoms with Gasteiger partial charge in [-0.05, 0) is 37.5 Å². The molecule has 23 heteroatoms. The molecule has 2 amide bonds. The van der Waals surface area contributed by atoms with Crippen molar-refractivity contribution in [1.29, 1.82) is 0 Å². The molecule has 51 heavy (non-hydrogen) atoms. The number of anilines is 1. The molecular weight excluding hydrogens is 751 g/mol. The Bertz CT molecular complexity index is 1440. The van der Waals surface area contributed by atoms with Crippen LogP contribution in [0, 0.1) is 0 Å². The van der Waals surface area contributed by atoms with Crippen molar-refractivity contribution >= 4 is 23.5 Å². The molecule has 0 saturated carbocycles. The fraction of sp³-hybridized carbons (Fsp3) is 0.607. The lowest BCUT2D eigenvalue weighted by atomic mass is 9.88. The maximum absolute atomic E-state index is 14.2. The van der Waals surface area contributed by atoms with Crippen molar-refractivity contribution in [2.24, 2.45) is 0 Å². The Morgan fingerprint density at radius 3 is 1.82 bits per heavy atom. The Morgan fingerprint density at radius 2 is 1.25 bits per heavy atom. The van der Waals surface area contributed by atoms with Crippen LogP contribution in [0.1, 0.15) is 48.9 Å². The van der Waals surface area contributed by atoms with E-state index in [4.69, 9.17) is 0 Å². The first-order chi connectivity index (χ1) is 23.0. The maximum atomic E-state index is 14.2. The lowest BCUT2D eigenvalue weighted by molar-refractivity contribution is -0.461. The highest BCUT2D eigenvalue weighted by Crippen LogP contribution is 2.64. The second kappa shape index (κ2) is 15.0. The summed E-state index contributed by atoms with van der Waals surface area (Å²) in [6.07, 6.45) is -5.63. The maximum Gasteiger partial charge on any atom is 0.460 e. The van der Waals surface area contributed by atoms with Gasteiger partial charge in [0.05, 0.1) is 13.0 Å². The summed E-state index contributed by atoms with van der Waals surface area (Å²) in [7, 11) is 0. The van der Waals surface area contributed by atoms with Gasteiger partial charge in [0.15, 0.2) is 0 Å². The molecule has 0 radical (unpaired) electrons. The number of halogens is 17. The van der Waals surface area contributed by atoms with Crippen molar-refractivity contribution in [2.45, 2.75) is 86.2 Å². The number of carbonyl (C=O) groups is 3. The van der Waals surface area contributed by atoms with Crippen molar-refractivity contribution in [3.63, 3.8) is 0 Å². The molecule has 6 nitrogen and oxygen atoms in total. The van der Waals surface area contributed by atoms with E-state index in [1.54, 1.807) is 6.08 Å². The van der Waals surface area contributed by atoms with Gasteiger partial charge in [0, 0.05) is 24.2 Å². The molecule has 0 fully saturated rings. The fourth-order valence-corrected chi connectivity index (χ4v) is 4.25. The summed E-state index contributed by atoms with van der Waals surface area (Å²) in [5.74, 6) is -60.6. The van der Waals surface area contributed by atoms with E-state index in [-0.39, 0.29) is 17.7 Å². The van der Waals surface area contributed by atoms with E-state index in [0.29, 0.717) is 30.6 Å². The average molecular weight is 776 g/mol. The Kier molecular flexibility index (Phi) is 12.8. The molecule has 1 aromatic rings. The lowest BCUT2D eigenvalue weighted by Gasteiger charge is -2.42. The minimum Gasteiger partial charge on any atom is -0.464 e. The molecule has 0 atom stereocenters. The number of hydrogen-bond donors (Lipinski definition) is 1. The standard InChI is InChI=1S/C28H25F17N2O4/c29-21(30,22(31,32)23(33,34)24(35,36)25(37,38)26(39,40)27(41,42)28(43,44)45)11-13-51-19(49)15-47-12-6-4-2-1-3-5-10-18(48)46-17-9-7-8-16(14-17)20(47)50/h4,6-9,14H,1-3,5,10-13,15H2,(H,46,48)/b6-4+. The highest BCUT2D eigenvalue weighted by atomic mass is 19.4. The van der Waals surface area contributed by atoms with Gasteiger partial charge in [0.2, 0.25) is 5.91 Å². The molecule has 2 bridgehead atoms. The van der Waals surface area contributed by atoms with Crippen molar-refractivity contribution in [2.75, 3.05) is 25.0 Å². The SMILES string of the molecule is O=C1CCCCC/C=C/CN(CC(=O)OCCC(F)(F)C(F)(F)C(F)(F)C(F)(F)C(F)(F)C(F)(F)C(F)(F)C(F)(F)F)C(=O)c2cccc(c2)N1. The van der Waals surface area contributed by atoms with Gasteiger partial charge in [-0.3, -0.25) is 14.4 Å². The smallest absolute Gasteiger partial charge is 0.460 e. The molecule has 1 aliphatic rings. The number of benzene rings is 1. The molecule has 1 heterocycles. The number of esters is 1. The first kappa shape index (κ1) is 43.3. The van der Waals surface area contributed by atoms with Crippen molar-refractivity contribution in [1.82, 2.24) is 4.90 Å². The largest absolute Gasteiger partial charge is 0.464 e. The molecule has 2 rings (SSSR count). The predicted octanol–water partition coefficient (Wildman–Crippen LogP) is 8.53. The molecule has 0 unspecified atom stereocenters. The summed E-state index contributed by atoms with van der Waals surface area (Å²) in [5.41, 5.74) is -0.0338. The summed E-state index contributed by atoms with van der Waals surface area (Å²) in [5, 5.41) is 2.52. The Morgan fingerprint density at radius 1 is 0.706 bits per heavy atom. The van der Waals surface area contributed by atoms with Crippen molar-refractivity contribution in [3.05, 3.63) is 42.0 Å². The van der Waals surface area contributed by atoms with Crippen LogP contribution in [0.25, 0.3) is 0 Å². The first-order valence-electron chi connectivity index (χ1n) is 14.2. The third-order valence-corrected chi connectivity index (χ3v) is 7.23. The van der Waals surface area contributed by atoms with E-state index in [1.807, 2.05) is 0 Å². The third kappa shape index (κ3) is 8.47. The molecule has 290 valence electrons. The van der Waals surface area contributed by atoms with Gasteiger partial charge in [-0.15, -0.1) is 0 Å². The minimum atomic E-state index is -8.75. The quantitative estimate of drug-likeness (QED) is 0.139. The van der Waals surface area contributed by atoms with Crippen LogP contribution in [0.2, 0.25) is 0 Å². The van der Waals surface area contributed by atoms with E-state index >= 15 is 0 Å². The number of carbonyl (C=O) groups excluding carboxylic acids is 3. The van der Waals surface area contributed by atoms with Crippen LogP contribution < -0.4 is 5.32 Å². The summed E-state index contributed by atoms with van der Waals surface area (Å²) >= 11 is 0. The molecule has 0 spiro atoms. The summed E-state index contributed by atoms with van der Waals surface area (Å²) < 4.78 is 233. The van der Waals surface area contributed by atoms with Crippen molar-refractivity contribution < 1.29 is 93.8 Å². The minimum absolute atomic E-state index is 0.139. The Hall–Kier alpha value is -3.82. The zero-order valence-electron chi connectivity index (χ0n) is 25.3. The number of fused-ring (bicyclic) bond motifs is 2. The van der Waals surface area contributed by atoms with Gasteiger partial charge >= 0.3 is 53.6 Å². The number of amides is 2. The summed E-state index contributed by atoms with van der Waals surface area (Å²) in [4.78, 5) is 38.2. The van der Waals surface area contributed by atoms with E-state index in [9.17, 15) is 89.0 Å². The van der Waals surface area contributed by atoms with Crippen LogP contribution in [0.4, 0.5) is 80.3 Å². The molecular formula is C28H25F17N2O4. The Balaban J connectivity index is 2.26. The number of hydrogen-bond acceptors (Lipinski definition) is 4. The Labute approximate surface area is 275 Å². The van der Waals surface area contributed by atoms with Gasteiger partial charge in [-0.25, -0.2) is 0 Å².